The van der Waals surface area contributed by atoms with Gasteiger partial charge in [-0.25, -0.2) is 0 Å². The number of carbonyl (C=O) groups excluding carboxylic acids is 1. The zero-order valence-corrected chi connectivity index (χ0v) is 9.52. The Hall–Kier alpha value is -0.890. The van der Waals surface area contributed by atoms with Crippen LogP contribution in [-0.4, -0.2) is 17.0 Å². The van der Waals surface area contributed by atoms with Gasteiger partial charge in [-0.1, -0.05) is 38.7 Å². The Balaban J connectivity index is 2.44. The van der Waals surface area contributed by atoms with E-state index in [0.29, 0.717) is 12.3 Å². The first kappa shape index (κ1) is 12.2. The lowest BCUT2D eigenvalue weighted by Gasteiger charge is -2.38. The molecular weight excluding hydrogens is 188 g/mol. The molecule has 0 saturated heterocycles. The van der Waals surface area contributed by atoms with Crippen molar-refractivity contribution >= 4 is 5.78 Å². The third kappa shape index (κ3) is 2.78. The molecule has 1 saturated carbocycles. The molecule has 0 bridgehead atoms. The molecule has 1 fully saturated rings. The minimum Gasteiger partial charge on any atom is -0.392 e. The molecule has 2 nitrogen and oxygen atoms in total. The lowest BCUT2D eigenvalue weighted by atomic mass is 9.67. The molecule has 4 atom stereocenters. The summed E-state index contributed by atoms with van der Waals surface area (Å²) in [6.45, 7) is 7.60. The number of aliphatic hydroxyl groups excluding tert-OH is 1. The van der Waals surface area contributed by atoms with E-state index >= 15 is 0 Å². The summed E-state index contributed by atoms with van der Waals surface area (Å²) in [7, 11) is 0. The average molecular weight is 208 g/mol. The molecule has 0 heterocycles. The van der Waals surface area contributed by atoms with E-state index in [1.54, 1.807) is 6.08 Å². The van der Waals surface area contributed by atoms with E-state index in [2.05, 4.69) is 6.58 Å². The molecule has 3 unspecified atom stereocenters. The molecule has 0 aromatic carbocycles. The summed E-state index contributed by atoms with van der Waals surface area (Å²) < 4.78 is 0. The largest absolute Gasteiger partial charge is 0.392 e. The average Bonchev–Trinajstić information content (AvgIpc) is 2.17. The number of Topliss-reactive ketones (excluding diaryl/α,β-unsaturated/α-hetero) is 1. The molecule has 1 rings (SSSR count). The Bertz CT molecular complexity index is 268. The Labute approximate surface area is 91.7 Å². The van der Waals surface area contributed by atoms with Crippen molar-refractivity contribution in [1.29, 1.82) is 0 Å². The summed E-state index contributed by atoms with van der Waals surface area (Å²) in [5, 5.41) is 10.00. The molecule has 1 N–H and O–H groups in total. The molecule has 0 aromatic rings. The smallest absolute Gasteiger partial charge is 0.139 e. The monoisotopic (exact) mass is 208 g/mol. The van der Waals surface area contributed by atoms with Crippen molar-refractivity contribution in [3.63, 3.8) is 0 Å². The van der Waals surface area contributed by atoms with Crippen molar-refractivity contribution in [1.82, 2.24) is 0 Å². The van der Waals surface area contributed by atoms with Crippen LogP contribution in [0.15, 0.2) is 24.8 Å². The fourth-order valence-corrected chi connectivity index (χ4v) is 2.15. The molecule has 0 aliphatic heterocycles. The van der Waals surface area contributed by atoms with Gasteiger partial charge >= 0.3 is 0 Å². The number of carbonyl (C=O) groups is 1. The third-order valence-electron chi connectivity index (χ3n) is 3.24. The number of rotatable bonds is 5. The van der Waals surface area contributed by atoms with E-state index in [1.807, 2.05) is 26.0 Å². The van der Waals surface area contributed by atoms with Crippen molar-refractivity contribution < 1.29 is 9.90 Å². The number of ketones is 1. The highest BCUT2D eigenvalue weighted by atomic mass is 16.3. The van der Waals surface area contributed by atoms with Crippen LogP contribution in [0, 0.1) is 17.8 Å². The van der Waals surface area contributed by atoms with E-state index < -0.39 is 6.10 Å². The van der Waals surface area contributed by atoms with E-state index in [1.165, 1.54) is 0 Å². The molecule has 0 spiro atoms. The van der Waals surface area contributed by atoms with Crippen LogP contribution < -0.4 is 0 Å². The Morgan fingerprint density at radius 2 is 2.33 bits per heavy atom. The van der Waals surface area contributed by atoms with Gasteiger partial charge in [0.25, 0.3) is 0 Å². The third-order valence-corrected chi connectivity index (χ3v) is 3.24. The molecule has 2 heteroatoms. The lowest BCUT2D eigenvalue weighted by molar-refractivity contribution is -0.142. The highest BCUT2D eigenvalue weighted by molar-refractivity contribution is 5.87. The molecule has 15 heavy (non-hydrogen) atoms. The minimum absolute atomic E-state index is 0.128. The summed E-state index contributed by atoms with van der Waals surface area (Å²) in [5.74, 6) is 0.572. The summed E-state index contributed by atoms with van der Waals surface area (Å²) in [6.07, 6.45) is 6.51. The maximum atomic E-state index is 11.3. The van der Waals surface area contributed by atoms with Crippen LogP contribution >= 0.6 is 0 Å². The predicted molar refractivity (Wildman–Crippen MR) is 61.4 cm³/mol. The first-order chi connectivity index (χ1) is 7.07. The van der Waals surface area contributed by atoms with Crippen molar-refractivity contribution in [2.24, 2.45) is 17.8 Å². The normalized spacial score (nSPS) is 29.9. The van der Waals surface area contributed by atoms with Gasteiger partial charge in [-0.05, 0) is 18.3 Å². The van der Waals surface area contributed by atoms with Gasteiger partial charge in [0.15, 0.2) is 0 Å². The zero-order chi connectivity index (χ0) is 11.4. The van der Waals surface area contributed by atoms with E-state index in [4.69, 9.17) is 0 Å². The zero-order valence-electron chi connectivity index (χ0n) is 9.52. The summed E-state index contributed by atoms with van der Waals surface area (Å²) >= 11 is 0. The van der Waals surface area contributed by atoms with Crippen LogP contribution in [0.2, 0.25) is 0 Å². The molecule has 1 aliphatic carbocycles. The topological polar surface area (TPSA) is 37.3 Å². The van der Waals surface area contributed by atoms with Crippen LogP contribution in [0.25, 0.3) is 0 Å². The van der Waals surface area contributed by atoms with E-state index in [0.717, 1.165) is 6.42 Å². The summed E-state index contributed by atoms with van der Waals surface area (Å²) in [5.41, 5.74) is 0. The number of aliphatic hydroxyl groups is 1. The van der Waals surface area contributed by atoms with Crippen molar-refractivity contribution in [2.75, 3.05) is 0 Å². The molecular formula is C13H20O2. The first-order valence-electron chi connectivity index (χ1n) is 5.56. The van der Waals surface area contributed by atoms with Gasteiger partial charge in [0.2, 0.25) is 0 Å². The lowest BCUT2D eigenvalue weighted by Crippen LogP contribution is -2.46. The van der Waals surface area contributed by atoms with Gasteiger partial charge in [-0.3, -0.25) is 4.79 Å². The SMILES string of the molecule is C=C/C=C/C[C@@H](C)C(O)C1C(=O)CC1C. The predicted octanol–water partition coefficient (Wildman–Crippen LogP) is 2.34. The standard InChI is InChI=1S/C13H20O2/c1-4-5-6-7-9(2)13(15)12-10(3)8-11(12)14/h4-6,9-10,12-13,15H,1,7-8H2,2-3H3/b6-5+/t9-,10?,12?,13?/m1/s1. The Morgan fingerprint density at radius 1 is 1.67 bits per heavy atom. The molecule has 0 radical (unpaired) electrons. The highest BCUT2D eigenvalue weighted by Gasteiger charge is 2.42. The second-order valence-electron chi connectivity index (χ2n) is 4.54. The van der Waals surface area contributed by atoms with Gasteiger partial charge < -0.3 is 5.11 Å². The van der Waals surface area contributed by atoms with Crippen LogP contribution in [0.4, 0.5) is 0 Å². The minimum atomic E-state index is -0.490. The van der Waals surface area contributed by atoms with E-state index in [9.17, 15) is 9.90 Å². The van der Waals surface area contributed by atoms with Gasteiger partial charge in [0.1, 0.15) is 5.78 Å². The second-order valence-corrected chi connectivity index (χ2v) is 4.54. The quantitative estimate of drug-likeness (QED) is 0.704. The maximum Gasteiger partial charge on any atom is 0.139 e. The Morgan fingerprint density at radius 3 is 2.80 bits per heavy atom. The van der Waals surface area contributed by atoms with Crippen LogP contribution in [0.3, 0.4) is 0 Å². The van der Waals surface area contributed by atoms with Crippen molar-refractivity contribution in [3.8, 4) is 0 Å². The molecule has 84 valence electrons. The highest BCUT2D eigenvalue weighted by Crippen LogP contribution is 2.36. The fraction of sp³-hybridized carbons (Fsp3) is 0.615. The van der Waals surface area contributed by atoms with Gasteiger partial charge in [0.05, 0.1) is 6.10 Å². The van der Waals surface area contributed by atoms with Gasteiger partial charge in [-0.15, -0.1) is 0 Å². The van der Waals surface area contributed by atoms with Gasteiger partial charge in [0, 0.05) is 12.3 Å². The first-order valence-corrected chi connectivity index (χ1v) is 5.56. The summed E-state index contributed by atoms with van der Waals surface area (Å²) in [4.78, 5) is 11.3. The molecule has 0 amide bonds. The molecule has 1 aliphatic rings. The van der Waals surface area contributed by atoms with Crippen LogP contribution in [-0.2, 0) is 4.79 Å². The number of allylic oxidation sites excluding steroid dienone is 3. The molecule has 0 aromatic heterocycles. The van der Waals surface area contributed by atoms with Crippen molar-refractivity contribution in [2.45, 2.75) is 32.8 Å². The Kier molecular flexibility index (Phi) is 4.28. The van der Waals surface area contributed by atoms with Gasteiger partial charge in [-0.2, -0.15) is 0 Å². The second kappa shape index (κ2) is 5.26. The van der Waals surface area contributed by atoms with Crippen LogP contribution in [0.1, 0.15) is 26.7 Å². The number of hydrogen-bond donors (Lipinski definition) is 1. The maximum absolute atomic E-state index is 11.3. The number of hydrogen-bond acceptors (Lipinski definition) is 2. The fourth-order valence-electron chi connectivity index (χ4n) is 2.15. The van der Waals surface area contributed by atoms with Crippen LogP contribution in [0.5, 0.6) is 0 Å². The van der Waals surface area contributed by atoms with Crippen molar-refractivity contribution in [3.05, 3.63) is 24.8 Å². The van der Waals surface area contributed by atoms with E-state index in [-0.39, 0.29) is 17.6 Å². The summed E-state index contributed by atoms with van der Waals surface area (Å²) in [6, 6.07) is 0.